The predicted octanol–water partition coefficient (Wildman–Crippen LogP) is 2.41. The average molecular weight is 215 g/mol. The lowest BCUT2D eigenvalue weighted by Crippen LogP contribution is -1.92. The Kier molecular flexibility index (Phi) is 1.89. The Balaban J connectivity index is 2.94. The maximum atomic E-state index is 10.8. The summed E-state index contributed by atoms with van der Waals surface area (Å²) in [6, 6.07) is 0. The fraction of sp³-hybridized carbons (Fsp3) is 0.250. The van der Waals surface area contributed by atoms with Crippen LogP contribution in [0.15, 0.2) is 0 Å². The van der Waals surface area contributed by atoms with E-state index in [-0.39, 0.29) is 0 Å². The lowest BCUT2D eigenvalue weighted by atomic mass is 10.3. The van der Waals surface area contributed by atoms with E-state index in [4.69, 9.17) is 11.6 Å². The Morgan fingerprint density at radius 2 is 2.31 bits per heavy atom. The molecule has 0 aromatic carbocycles. The largest absolute Gasteiger partial charge is 0.331 e. The van der Waals surface area contributed by atoms with Crippen LogP contribution in [0.3, 0.4) is 0 Å². The molecule has 0 aliphatic rings. The zero-order chi connectivity index (χ0) is 9.59. The van der Waals surface area contributed by atoms with Gasteiger partial charge in [-0.3, -0.25) is 4.79 Å². The van der Waals surface area contributed by atoms with E-state index in [1.54, 1.807) is 0 Å². The maximum absolute atomic E-state index is 10.8. The van der Waals surface area contributed by atoms with Crippen molar-refractivity contribution in [3.63, 3.8) is 0 Å². The number of hydrogen-bond donors (Lipinski definition) is 0. The first-order valence-electron chi connectivity index (χ1n) is 3.71. The van der Waals surface area contributed by atoms with Gasteiger partial charge in [-0.05, 0) is 6.92 Å². The number of rotatable bonds is 1. The molecular weight excluding hydrogens is 208 g/mol. The van der Waals surface area contributed by atoms with E-state index >= 15 is 0 Å². The SMILES string of the molecule is Cc1c(C=O)c2sc(Cl)nc2n1C. The van der Waals surface area contributed by atoms with Crippen molar-refractivity contribution in [1.29, 1.82) is 0 Å². The Labute approximate surface area is 84.0 Å². The van der Waals surface area contributed by atoms with Crippen LogP contribution in [0.1, 0.15) is 16.1 Å². The third-order valence-corrected chi connectivity index (χ3v) is 3.34. The second-order valence-corrected chi connectivity index (χ2v) is 4.38. The molecule has 0 bridgehead atoms. The first kappa shape index (κ1) is 8.72. The van der Waals surface area contributed by atoms with E-state index in [2.05, 4.69) is 4.98 Å². The van der Waals surface area contributed by atoms with E-state index in [9.17, 15) is 4.79 Å². The van der Waals surface area contributed by atoms with Crippen LogP contribution < -0.4 is 0 Å². The molecule has 0 N–H and O–H groups in total. The van der Waals surface area contributed by atoms with Crippen LogP contribution >= 0.6 is 22.9 Å². The van der Waals surface area contributed by atoms with Gasteiger partial charge in [0.15, 0.2) is 16.4 Å². The third kappa shape index (κ3) is 1.09. The summed E-state index contributed by atoms with van der Waals surface area (Å²) in [5.74, 6) is 0. The van der Waals surface area contributed by atoms with E-state index < -0.39 is 0 Å². The number of nitrogens with zero attached hydrogens (tertiary/aromatic N) is 2. The molecule has 13 heavy (non-hydrogen) atoms. The summed E-state index contributed by atoms with van der Waals surface area (Å²) in [6.45, 7) is 1.89. The molecule has 0 fully saturated rings. The number of thiazole rings is 1. The van der Waals surface area contributed by atoms with Crippen LogP contribution in [0.4, 0.5) is 0 Å². The van der Waals surface area contributed by atoms with E-state index in [0.29, 0.717) is 10.0 Å². The van der Waals surface area contributed by atoms with Crippen molar-refractivity contribution in [2.24, 2.45) is 7.05 Å². The topological polar surface area (TPSA) is 34.9 Å². The molecule has 68 valence electrons. The Morgan fingerprint density at radius 3 is 2.92 bits per heavy atom. The number of aromatic nitrogens is 2. The molecule has 0 aliphatic heterocycles. The fourth-order valence-corrected chi connectivity index (χ4v) is 2.52. The minimum Gasteiger partial charge on any atom is -0.331 e. The van der Waals surface area contributed by atoms with E-state index in [0.717, 1.165) is 22.3 Å². The molecule has 2 aromatic heterocycles. The first-order chi connectivity index (χ1) is 6.15. The molecule has 0 saturated carbocycles. The summed E-state index contributed by atoms with van der Waals surface area (Å²) >= 11 is 7.10. The zero-order valence-electron chi connectivity index (χ0n) is 7.17. The number of carbonyl (C=O) groups excluding carboxylic acids is 1. The number of fused-ring (bicyclic) bond motifs is 1. The molecule has 0 atom stereocenters. The fourth-order valence-electron chi connectivity index (χ4n) is 1.33. The van der Waals surface area contributed by atoms with Crippen LogP contribution in [0.2, 0.25) is 4.47 Å². The van der Waals surface area contributed by atoms with Gasteiger partial charge in [0.1, 0.15) is 0 Å². The van der Waals surface area contributed by atoms with Gasteiger partial charge in [-0.2, -0.15) is 0 Å². The minimum absolute atomic E-state index is 0.476. The minimum atomic E-state index is 0.476. The molecule has 2 heterocycles. The Hall–Kier alpha value is -0.870. The highest BCUT2D eigenvalue weighted by molar-refractivity contribution is 7.22. The van der Waals surface area contributed by atoms with E-state index in [1.807, 2.05) is 18.5 Å². The summed E-state index contributed by atoms with van der Waals surface area (Å²) in [6.07, 6.45) is 0.853. The lowest BCUT2D eigenvalue weighted by molar-refractivity contribution is 0.112. The highest BCUT2D eigenvalue weighted by Gasteiger charge is 2.15. The van der Waals surface area contributed by atoms with Crippen molar-refractivity contribution in [3.05, 3.63) is 15.7 Å². The lowest BCUT2D eigenvalue weighted by Gasteiger charge is -1.95. The third-order valence-electron chi connectivity index (χ3n) is 2.16. The second-order valence-electron chi connectivity index (χ2n) is 2.80. The van der Waals surface area contributed by atoms with Gasteiger partial charge in [-0.15, -0.1) is 0 Å². The molecule has 0 amide bonds. The molecule has 2 rings (SSSR count). The van der Waals surface area contributed by atoms with Crippen molar-refractivity contribution < 1.29 is 4.79 Å². The monoisotopic (exact) mass is 214 g/mol. The first-order valence-corrected chi connectivity index (χ1v) is 4.91. The molecule has 2 aromatic rings. The molecule has 0 unspecified atom stereocenters. The van der Waals surface area contributed by atoms with Gasteiger partial charge in [0.2, 0.25) is 0 Å². The summed E-state index contributed by atoms with van der Waals surface area (Å²) in [5.41, 5.74) is 2.41. The van der Waals surface area contributed by atoms with Crippen molar-refractivity contribution in [3.8, 4) is 0 Å². The van der Waals surface area contributed by atoms with Crippen LogP contribution in [0.5, 0.6) is 0 Å². The van der Waals surface area contributed by atoms with Crippen LogP contribution in [-0.4, -0.2) is 15.8 Å². The molecule has 0 radical (unpaired) electrons. The highest BCUT2D eigenvalue weighted by Crippen LogP contribution is 2.31. The highest BCUT2D eigenvalue weighted by atomic mass is 35.5. The second kappa shape index (κ2) is 2.82. The number of hydrogen-bond acceptors (Lipinski definition) is 3. The molecule has 3 nitrogen and oxygen atoms in total. The average Bonchev–Trinajstić information content (AvgIpc) is 2.54. The summed E-state index contributed by atoms with van der Waals surface area (Å²) in [4.78, 5) is 14.9. The van der Waals surface area contributed by atoms with E-state index in [1.165, 1.54) is 11.3 Å². The predicted molar refractivity (Wildman–Crippen MR) is 53.7 cm³/mol. The summed E-state index contributed by atoms with van der Waals surface area (Å²) in [7, 11) is 1.88. The summed E-state index contributed by atoms with van der Waals surface area (Å²) < 4.78 is 3.23. The Morgan fingerprint density at radius 1 is 1.62 bits per heavy atom. The van der Waals surface area contributed by atoms with Gasteiger partial charge >= 0.3 is 0 Å². The van der Waals surface area contributed by atoms with Crippen LogP contribution in [0.25, 0.3) is 10.3 Å². The standard InChI is InChI=1S/C8H7ClN2OS/c1-4-5(3-12)6-7(11(4)2)10-8(9)13-6/h3H,1-2H3. The normalized spacial score (nSPS) is 11.0. The molecular formula is C8H7ClN2OS. The zero-order valence-corrected chi connectivity index (χ0v) is 8.74. The molecule has 5 heteroatoms. The van der Waals surface area contributed by atoms with Gasteiger partial charge < -0.3 is 4.57 Å². The van der Waals surface area contributed by atoms with Gasteiger partial charge in [0, 0.05) is 12.7 Å². The van der Waals surface area contributed by atoms with Gasteiger partial charge in [0.25, 0.3) is 0 Å². The van der Waals surface area contributed by atoms with Gasteiger partial charge in [0.05, 0.1) is 10.3 Å². The molecule has 0 spiro atoms. The van der Waals surface area contributed by atoms with Crippen LogP contribution in [-0.2, 0) is 7.05 Å². The summed E-state index contributed by atoms with van der Waals surface area (Å²) in [5, 5.41) is 0. The maximum Gasteiger partial charge on any atom is 0.186 e. The number of carbonyl (C=O) groups is 1. The smallest absolute Gasteiger partial charge is 0.186 e. The Bertz CT molecular complexity index is 486. The van der Waals surface area contributed by atoms with Gasteiger partial charge in [-0.25, -0.2) is 4.98 Å². The quantitative estimate of drug-likeness (QED) is 0.684. The number of halogens is 1. The number of aldehydes is 1. The number of aryl methyl sites for hydroxylation is 1. The van der Waals surface area contributed by atoms with Gasteiger partial charge in [-0.1, -0.05) is 22.9 Å². The van der Waals surface area contributed by atoms with Crippen molar-refractivity contribution >= 4 is 39.6 Å². The van der Waals surface area contributed by atoms with Crippen molar-refractivity contribution in [2.45, 2.75) is 6.92 Å². The molecule has 0 saturated heterocycles. The van der Waals surface area contributed by atoms with Crippen molar-refractivity contribution in [1.82, 2.24) is 9.55 Å². The van der Waals surface area contributed by atoms with Crippen LogP contribution in [0, 0.1) is 6.92 Å². The van der Waals surface area contributed by atoms with Crippen molar-refractivity contribution in [2.75, 3.05) is 0 Å². The molecule has 0 aliphatic carbocycles.